The van der Waals surface area contributed by atoms with Crippen molar-refractivity contribution >= 4 is 50.7 Å². The van der Waals surface area contributed by atoms with Gasteiger partial charge in [0.25, 0.3) is 5.91 Å². The minimum atomic E-state index is -0.282. The van der Waals surface area contributed by atoms with Crippen molar-refractivity contribution in [3.05, 3.63) is 44.6 Å². The predicted molar refractivity (Wildman–Crippen MR) is 80.0 cm³/mol. The lowest BCUT2D eigenvalue weighted by Gasteiger charge is -2.09. The number of benzene rings is 1. The Bertz CT molecular complexity index is 627. The van der Waals surface area contributed by atoms with E-state index in [1.807, 2.05) is 6.92 Å². The van der Waals surface area contributed by atoms with Crippen molar-refractivity contribution < 1.29 is 4.79 Å². The minimum absolute atomic E-state index is 0.282. The zero-order valence-corrected chi connectivity index (χ0v) is 13.1. The molecule has 0 atom stereocenters. The van der Waals surface area contributed by atoms with Gasteiger partial charge in [-0.3, -0.25) is 9.48 Å². The maximum Gasteiger partial charge on any atom is 0.275 e. The Hall–Kier alpha value is -1.04. The lowest BCUT2D eigenvalue weighted by atomic mass is 10.3. The Morgan fingerprint density at radius 2 is 2.21 bits per heavy atom. The molecule has 0 aliphatic heterocycles. The van der Waals surface area contributed by atoms with Gasteiger partial charge in [-0.25, -0.2) is 0 Å². The average molecular weight is 363 g/mol. The lowest BCUT2D eigenvalue weighted by Crippen LogP contribution is -2.18. The van der Waals surface area contributed by atoms with E-state index in [0.717, 1.165) is 0 Å². The fraction of sp³-hybridized carbons (Fsp3) is 0.167. The molecule has 1 N–H and O–H groups in total. The first-order valence-electron chi connectivity index (χ1n) is 5.50. The van der Waals surface area contributed by atoms with Crippen molar-refractivity contribution in [3.8, 4) is 0 Å². The lowest BCUT2D eigenvalue weighted by molar-refractivity contribution is 0.101. The highest BCUT2D eigenvalue weighted by Gasteiger charge is 2.17. The Balaban J connectivity index is 2.28. The summed E-state index contributed by atoms with van der Waals surface area (Å²) in [4.78, 5) is 12.2. The summed E-state index contributed by atoms with van der Waals surface area (Å²) in [5, 5.41) is 7.73. The molecule has 0 spiro atoms. The van der Waals surface area contributed by atoms with Gasteiger partial charge in [0.1, 0.15) is 5.69 Å². The number of nitrogens with one attached hydrogen (secondary N) is 1. The summed E-state index contributed by atoms with van der Waals surface area (Å²) < 4.78 is 2.24. The zero-order valence-electron chi connectivity index (χ0n) is 9.95. The molecule has 2 rings (SSSR count). The Kier molecular flexibility index (Phi) is 4.50. The molecule has 1 amide bonds. The maximum absolute atomic E-state index is 12.2. The Morgan fingerprint density at radius 3 is 2.84 bits per heavy atom. The summed E-state index contributed by atoms with van der Waals surface area (Å²) >= 11 is 15.1. The molecule has 0 fully saturated rings. The molecule has 1 aromatic carbocycles. The third kappa shape index (κ3) is 3.11. The van der Waals surface area contributed by atoms with Gasteiger partial charge in [0, 0.05) is 11.6 Å². The summed E-state index contributed by atoms with van der Waals surface area (Å²) in [6, 6.07) is 4.89. The standard InChI is InChI=1S/C12H10BrCl2N3O/c1-2-18-11(8(13)6-16-18)12(19)17-10-4-3-7(14)5-9(10)15/h3-6H,2H2,1H3,(H,17,19). The van der Waals surface area contributed by atoms with Crippen LogP contribution in [0, 0.1) is 0 Å². The Labute approximate surface area is 128 Å². The van der Waals surface area contributed by atoms with E-state index in [2.05, 4.69) is 26.3 Å². The van der Waals surface area contributed by atoms with Crippen LogP contribution in [0.1, 0.15) is 17.4 Å². The van der Waals surface area contributed by atoms with Crippen LogP contribution >= 0.6 is 39.1 Å². The molecule has 0 radical (unpaired) electrons. The number of hydrogen-bond donors (Lipinski definition) is 1. The van der Waals surface area contributed by atoms with Crippen LogP contribution < -0.4 is 5.32 Å². The number of aryl methyl sites for hydroxylation is 1. The second-order valence-electron chi connectivity index (χ2n) is 3.74. The third-order valence-electron chi connectivity index (χ3n) is 2.49. The molecule has 0 unspecified atom stereocenters. The van der Waals surface area contributed by atoms with Crippen molar-refractivity contribution in [2.45, 2.75) is 13.5 Å². The zero-order chi connectivity index (χ0) is 14.0. The molecule has 19 heavy (non-hydrogen) atoms. The predicted octanol–water partition coefficient (Wildman–Crippen LogP) is 4.22. The fourth-order valence-corrected chi connectivity index (χ4v) is 2.53. The fourth-order valence-electron chi connectivity index (χ4n) is 1.60. The summed E-state index contributed by atoms with van der Waals surface area (Å²) in [5.41, 5.74) is 0.959. The van der Waals surface area contributed by atoms with Crippen LogP contribution in [0.5, 0.6) is 0 Å². The van der Waals surface area contributed by atoms with Crippen LogP contribution in [0.4, 0.5) is 5.69 Å². The first-order chi connectivity index (χ1) is 9.02. The van der Waals surface area contributed by atoms with Gasteiger partial charge in [-0.2, -0.15) is 5.10 Å². The van der Waals surface area contributed by atoms with E-state index in [-0.39, 0.29) is 5.91 Å². The van der Waals surface area contributed by atoms with E-state index < -0.39 is 0 Å². The van der Waals surface area contributed by atoms with Crippen molar-refractivity contribution in [2.24, 2.45) is 0 Å². The number of carbonyl (C=O) groups excluding carboxylic acids is 1. The van der Waals surface area contributed by atoms with Gasteiger partial charge in [0.15, 0.2) is 0 Å². The first-order valence-corrected chi connectivity index (χ1v) is 7.05. The molecule has 1 heterocycles. The third-order valence-corrected chi connectivity index (χ3v) is 3.62. The summed E-state index contributed by atoms with van der Waals surface area (Å²) in [6.45, 7) is 2.51. The first kappa shape index (κ1) is 14.4. The van der Waals surface area contributed by atoms with Crippen molar-refractivity contribution in [2.75, 3.05) is 5.32 Å². The minimum Gasteiger partial charge on any atom is -0.319 e. The summed E-state index contributed by atoms with van der Waals surface area (Å²) in [6.07, 6.45) is 1.59. The van der Waals surface area contributed by atoms with E-state index in [1.54, 1.807) is 29.1 Å². The Morgan fingerprint density at radius 1 is 1.47 bits per heavy atom. The normalized spacial score (nSPS) is 10.5. The number of carbonyl (C=O) groups is 1. The molecule has 7 heteroatoms. The SMILES string of the molecule is CCn1ncc(Br)c1C(=O)Nc1ccc(Cl)cc1Cl. The molecule has 4 nitrogen and oxygen atoms in total. The van der Waals surface area contributed by atoms with Crippen LogP contribution in [0.3, 0.4) is 0 Å². The highest BCUT2D eigenvalue weighted by atomic mass is 79.9. The van der Waals surface area contributed by atoms with Crippen LogP contribution in [-0.2, 0) is 6.54 Å². The van der Waals surface area contributed by atoms with Crippen LogP contribution in [-0.4, -0.2) is 15.7 Å². The van der Waals surface area contributed by atoms with Gasteiger partial charge < -0.3 is 5.32 Å². The number of hydrogen-bond acceptors (Lipinski definition) is 2. The highest BCUT2D eigenvalue weighted by molar-refractivity contribution is 9.10. The second-order valence-corrected chi connectivity index (χ2v) is 5.43. The molecule has 0 aliphatic rings. The van der Waals surface area contributed by atoms with Crippen molar-refractivity contribution in [1.82, 2.24) is 9.78 Å². The molecule has 0 bridgehead atoms. The number of nitrogens with zero attached hydrogens (tertiary/aromatic N) is 2. The molecule has 0 saturated heterocycles. The van der Waals surface area contributed by atoms with E-state index >= 15 is 0 Å². The average Bonchev–Trinajstić information content (AvgIpc) is 2.74. The van der Waals surface area contributed by atoms with E-state index in [4.69, 9.17) is 23.2 Å². The summed E-state index contributed by atoms with van der Waals surface area (Å²) in [7, 11) is 0. The van der Waals surface area contributed by atoms with Crippen molar-refractivity contribution in [1.29, 1.82) is 0 Å². The molecular formula is C12H10BrCl2N3O. The van der Waals surface area contributed by atoms with Gasteiger partial charge in [0.05, 0.1) is 21.4 Å². The summed E-state index contributed by atoms with van der Waals surface area (Å²) in [5.74, 6) is -0.282. The molecule has 0 saturated carbocycles. The van der Waals surface area contributed by atoms with E-state index in [0.29, 0.717) is 32.4 Å². The van der Waals surface area contributed by atoms with Gasteiger partial charge >= 0.3 is 0 Å². The van der Waals surface area contributed by atoms with Crippen LogP contribution in [0.2, 0.25) is 10.0 Å². The van der Waals surface area contributed by atoms with Crippen LogP contribution in [0.15, 0.2) is 28.9 Å². The van der Waals surface area contributed by atoms with E-state index in [9.17, 15) is 4.79 Å². The quantitative estimate of drug-likeness (QED) is 0.888. The smallest absolute Gasteiger partial charge is 0.275 e. The van der Waals surface area contributed by atoms with Gasteiger partial charge in [-0.05, 0) is 41.1 Å². The number of aromatic nitrogens is 2. The van der Waals surface area contributed by atoms with Crippen LogP contribution in [0.25, 0.3) is 0 Å². The molecule has 2 aromatic rings. The number of amides is 1. The van der Waals surface area contributed by atoms with Gasteiger partial charge in [0.2, 0.25) is 0 Å². The van der Waals surface area contributed by atoms with Gasteiger partial charge in [-0.15, -0.1) is 0 Å². The van der Waals surface area contributed by atoms with Crippen molar-refractivity contribution in [3.63, 3.8) is 0 Å². The highest BCUT2D eigenvalue weighted by Crippen LogP contribution is 2.26. The second kappa shape index (κ2) is 5.94. The molecule has 0 aliphatic carbocycles. The maximum atomic E-state index is 12.2. The van der Waals surface area contributed by atoms with Gasteiger partial charge in [-0.1, -0.05) is 23.2 Å². The molecule has 1 aromatic heterocycles. The monoisotopic (exact) mass is 361 g/mol. The molecule has 100 valence electrons. The van der Waals surface area contributed by atoms with E-state index in [1.165, 1.54) is 0 Å². The number of rotatable bonds is 3. The number of anilines is 1. The molecular weight excluding hydrogens is 353 g/mol. The largest absolute Gasteiger partial charge is 0.319 e. The number of halogens is 3. The topological polar surface area (TPSA) is 46.9 Å².